The Balaban J connectivity index is 2.16. The Hall–Kier alpha value is -1.29. The van der Waals surface area contributed by atoms with Crippen LogP contribution in [0.4, 0.5) is 5.82 Å². The summed E-state index contributed by atoms with van der Waals surface area (Å²) in [5.41, 5.74) is 0.0906. The highest BCUT2D eigenvalue weighted by atomic mass is 35.5. The summed E-state index contributed by atoms with van der Waals surface area (Å²) in [6.07, 6.45) is 3.68. The monoisotopic (exact) mass is 240 g/mol. The van der Waals surface area contributed by atoms with Gasteiger partial charge < -0.3 is 10.4 Å². The third kappa shape index (κ3) is 2.11. The topological polar surface area (TPSA) is 62.2 Å². The lowest BCUT2D eigenvalue weighted by Gasteiger charge is -2.08. The molecule has 4 nitrogen and oxygen atoms in total. The van der Waals surface area contributed by atoms with Gasteiger partial charge in [-0.2, -0.15) is 0 Å². The number of nitrogens with zero attached hydrogens (tertiary/aromatic N) is 1. The van der Waals surface area contributed by atoms with Crippen LogP contribution >= 0.6 is 11.6 Å². The molecule has 86 valence electrons. The lowest BCUT2D eigenvalue weighted by Crippen LogP contribution is -2.08. The molecule has 1 aliphatic carbocycles. The maximum Gasteiger partial charge on any atom is 0.337 e. The van der Waals surface area contributed by atoms with Crippen molar-refractivity contribution in [3.63, 3.8) is 0 Å². The zero-order chi connectivity index (χ0) is 11.7. The van der Waals surface area contributed by atoms with Crippen molar-refractivity contribution in [3.8, 4) is 0 Å². The van der Waals surface area contributed by atoms with Gasteiger partial charge in [-0.3, -0.25) is 0 Å². The first-order valence-electron chi connectivity index (χ1n) is 5.27. The second-order valence-electron chi connectivity index (χ2n) is 3.98. The van der Waals surface area contributed by atoms with Crippen LogP contribution in [0.25, 0.3) is 0 Å². The van der Waals surface area contributed by atoms with Crippen LogP contribution in [0.1, 0.15) is 30.1 Å². The van der Waals surface area contributed by atoms with E-state index in [9.17, 15) is 4.79 Å². The molecule has 2 unspecified atom stereocenters. The van der Waals surface area contributed by atoms with Gasteiger partial charge >= 0.3 is 5.97 Å². The van der Waals surface area contributed by atoms with Crippen LogP contribution in [0, 0.1) is 5.92 Å². The zero-order valence-electron chi connectivity index (χ0n) is 8.90. The first kappa shape index (κ1) is 11.2. The van der Waals surface area contributed by atoms with Gasteiger partial charge in [0.1, 0.15) is 5.82 Å². The van der Waals surface area contributed by atoms with Crippen LogP contribution in [0.2, 0.25) is 5.02 Å². The fourth-order valence-corrected chi connectivity index (χ4v) is 2.01. The number of aromatic nitrogens is 1. The van der Waals surface area contributed by atoms with Gasteiger partial charge in [-0.15, -0.1) is 0 Å². The Morgan fingerprint density at radius 3 is 3.06 bits per heavy atom. The fourth-order valence-electron chi connectivity index (χ4n) is 1.76. The minimum atomic E-state index is -1.03. The van der Waals surface area contributed by atoms with Crippen molar-refractivity contribution in [1.82, 2.24) is 4.98 Å². The molecule has 5 heteroatoms. The lowest BCUT2D eigenvalue weighted by molar-refractivity contribution is 0.0697. The summed E-state index contributed by atoms with van der Waals surface area (Å²) in [7, 11) is 0. The average molecular weight is 241 g/mol. The Kier molecular flexibility index (Phi) is 3.01. The number of pyridine rings is 1. The molecule has 1 aromatic rings. The second-order valence-corrected chi connectivity index (χ2v) is 4.36. The van der Waals surface area contributed by atoms with Gasteiger partial charge in [-0.1, -0.05) is 24.9 Å². The molecule has 1 fully saturated rings. The predicted octanol–water partition coefficient (Wildman–Crippen LogP) is 2.64. The molecule has 0 spiro atoms. The summed E-state index contributed by atoms with van der Waals surface area (Å²) in [5, 5.41) is 12.3. The Labute approximate surface area is 98.6 Å². The molecular formula is C11H13ClN2O2. The van der Waals surface area contributed by atoms with Gasteiger partial charge in [0.25, 0.3) is 0 Å². The first-order chi connectivity index (χ1) is 7.63. The molecule has 0 radical (unpaired) electrons. The minimum Gasteiger partial charge on any atom is -0.478 e. The Morgan fingerprint density at radius 2 is 2.50 bits per heavy atom. The van der Waals surface area contributed by atoms with Crippen LogP contribution in [-0.4, -0.2) is 22.1 Å². The number of hydrogen-bond donors (Lipinski definition) is 2. The molecule has 0 bridgehead atoms. The van der Waals surface area contributed by atoms with E-state index in [1.165, 1.54) is 12.3 Å². The van der Waals surface area contributed by atoms with Crippen molar-refractivity contribution in [3.05, 3.63) is 22.8 Å². The van der Waals surface area contributed by atoms with Crippen LogP contribution in [0.15, 0.2) is 12.3 Å². The standard InChI is InChI=1S/C11H13ClN2O2/c1-2-6-5-8(6)14-10-9(12)7(11(15)16)3-4-13-10/h3-4,6,8H,2,5H2,1H3,(H,13,14)(H,15,16). The fraction of sp³-hybridized carbons (Fsp3) is 0.455. The number of halogens is 1. The highest BCUT2D eigenvalue weighted by Crippen LogP contribution is 2.37. The number of rotatable bonds is 4. The summed E-state index contributed by atoms with van der Waals surface area (Å²) < 4.78 is 0. The highest BCUT2D eigenvalue weighted by molar-refractivity contribution is 6.35. The highest BCUT2D eigenvalue weighted by Gasteiger charge is 2.36. The molecule has 2 rings (SSSR count). The van der Waals surface area contributed by atoms with E-state index in [0.29, 0.717) is 17.8 Å². The molecule has 16 heavy (non-hydrogen) atoms. The Bertz CT molecular complexity index is 422. The third-order valence-corrected chi connectivity index (χ3v) is 3.27. The molecule has 0 amide bonds. The van der Waals surface area contributed by atoms with E-state index in [4.69, 9.17) is 16.7 Å². The number of carbonyl (C=O) groups is 1. The summed E-state index contributed by atoms with van der Waals surface area (Å²) in [6.45, 7) is 2.13. The number of carboxylic acid groups (broad SMARTS) is 1. The van der Waals surface area contributed by atoms with E-state index in [-0.39, 0.29) is 10.6 Å². The maximum absolute atomic E-state index is 10.9. The summed E-state index contributed by atoms with van der Waals surface area (Å²) in [4.78, 5) is 14.9. The predicted molar refractivity (Wildman–Crippen MR) is 62.0 cm³/mol. The van der Waals surface area contributed by atoms with Crippen molar-refractivity contribution in [2.75, 3.05) is 5.32 Å². The van der Waals surface area contributed by atoms with E-state index >= 15 is 0 Å². The molecule has 0 aromatic carbocycles. The van der Waals surface area contributed by atoms with Crippen molar-refractivity contribution >= 4 is 23.4 Å². The second kappa shape index (κ2) is 4.29. The summed E-state index contributed by atoms with van der Waals surface area (Å²) in [6, 6.07) is 1.79. The number of anilines is 1. The minimum absolute atomic E-state index is 0.0906. The molecule has 2 atom stereocenters. The molecule has 1 aliphatic rings. The average Bonchev–Trinajstić information content (AvgIpc) is 2.99. The molecule has 0 aliphatic heterocycles. The van der Waals surface area contributed by atoms with Gasteiger partial charge in [0.15, 0.2) is 0 Å². The zero-order valence-corrected chi connectivity index (χ0v) is 9.66. The Morgan fingerprint density at radius 1 is 1.75 bits per heavy atom. The van der Waals surface area contributed by atoms with Crippen molar-refractivity contribution in [2.45, 2.75) is 25.8 Å². The number of hydrogen-bond acceptors (Lipinski definition) is 3. The SMILES string of the molecule is CCC1CC1Nc1nccc(C(=O)O)c1Cl. The van der Waals surface area contributed by atoms with Gasteiger partial charge in [-0.05, 0) is 18.4 Å². The molecule has 1 heterocycles. The van der Waals surface area contributed by atoms with E-state index in [1.807, 2.05) is 0 Å². The normalized spacial score (nSPS) is 22.9. The quantitative estimate of drug-likeness (QED) is 0.849. The number of nitrogens with one attached hydrogen (secondary N) is 1. The van der Waals surface area contributed by atoms with Crippen molar-refractivity contribution in [1.29, 1.82) is 0 Å². The largest absolute Gasteiger partial charge is 0.478 e. The van der Waals surface area contributed by atoms with Gasteiger partial charge in [0.05, 0.1) is 10.6 Å². The van der Waals surface area contributed by atoms with E-state index in [0.717, 1.165) is 12.8 Å². The van der Waals surface area contributed by atoms with E-state index in [1.54, 1.807) is 0 Å². The molecule has 1 aromatic heterocycles. The molecule has 0 saturated heterocycles. The first-order valence-corrected chi connectivity index (χ1v) is 5.65. The lowest BCUT2D eigenvalue weighted by atomic mass is 10.2. The van der Waals surface area contributed by atoms with Gasteiger partial charge in [-0.25, -0.2) is 9.78 Å². The van der Waals surface area contributed by atoms with Crippen LogP contribution in [0.5, 0.6) is 0 Å². The molecular weight excluding hydrogens is 228 g/mol. The number of carboxylic acids is 1. The summed E-state index contributed by atoms with van der Waals surface area (Å²) in [5.74, 6) is 0.104. The van der Waals surface area contributed by atoms with Crippen LogP contribution in [0.3, 0.4) is 0 Å². The van der Waals surface area contributed by atoms with Crippen molar-refractivity contribution in [2.24, 2.45) is 5.92 Å². The van der Waals surface area contributed by atoms with Crippen LogP contribution < -0.4 is 5.32 Å². The maximum atomic E-state index is 10.9. The molecule has 2 N–H and O–H groups in total. The van der Waals surface area contributed by atoms with E-state index < -0.39 is 5.97 Å². The third-order valence-electron chi connectivity index (χ3n) is 2.89. The smallest absolute Gasteiger partial charge is 0.337 e. The number of aromatic carboxylic acids is 1. The van der Waals surface area contributed by atoms with Crippen LogP contribution in [-0.2, 0) is 0 Å². The van der Waals surface area contributed by atoms with E-state index in [2.05, 4.69) is 17.2 Å². The van der Waals surface area contributed by atoms with Crippen molar-refractivity contribution < 1.29 is 9.90 Å². The molecule has 1 saturated carbocycles. The van der Waals surface area contributed by atoms with Gasteiger partial charge in [0, 0.05) is 12.2 Å². The van der Waals surface area contributed by atoms with Gasteiger partial charge in [0.2, 0.25) is 0 Å². The summed E-state index contributed by atoms with van der Waals surface area (Å²) >= 11 is 5.96.